The molecule has 0 aliphatic carbocycles. The minimum absolute atomic E-state index is 0. The number of anilines is 5. The SMILES string of the molecule is C[C@@H]1C(=O)N(c2cnn3c2CN(C(=O)OC(C)(C)C)[C@@H](C)C3)[C@H](C)[C@H]1Oc1ncccn1.C[C@@H]1[C@@H](Oc2ncccn2)[C@H](O)C(=O)N1c1cnn2c1CN(C(=O)Nc1cc(F)c(F)c(F)c1)[C@@H](C)C2.C[C@@H]1[C@@H](Oc2ncccn2)[C@H](O)C(=O)N1c1cnn2c1CN(C(=O)OC(C)(C)C)[C@@H](C)C2.C[O-].O=C(Nc1cc(F)c(F)c(F)c1)Oc1ccccc1.[Na+]. The van der Waals surface area contributed by atoms with Crippen LogP contribution in [0, 0.1) is 40.8 Å². The summed E-state index contributed by atoms with van der Waals surface area (Å²) in [5.41, 5.74) is 1.91. The van der Waals surface area contributed by atoms with E-state index in [-0.39, 0.29) is 126 Å². The first-order chi connectivity index (χ1) is 57.8. The Kier molecular flexibility index (Phi) is 29.8. The Bertz CT molecular complexity index is 5030. The van der Waals surface area contributed by atoms with Gasteiger partial charge in [-0.1, -0.05) is 18.2 Å². The van der Waals surface area contributed by atoms with Crippen molar-refractivity contribution < 1.29 is 133 Å². The Morgan fingerprint density at radius 2 is 0.772 bits per heavy atom. The number of carbonyl (C=O) groups excluding carboxylic acids is 7. The first-order valence-corrected chi connectivity index (χ1v) is 38.5. The van der Waals surface area contributed by atoms with Gasteiger partial charge < -0.3 is 68.7 Å². The molecule has 36 nitrogen and oxygen atoms in total. The molecule has 12 atom stereocenters. The van der Waals surface area contributed by atoms with Crippen LogP contribution >= 0.6 is 0 Å². The Balaban J connectivity index is 0.000000174. The molecule has 15 rings (SSSR count). The van der Waals surface area contributed by atoms with Crippen LogP contribution in [-0.2, 0) is 63.1 Å². The second-order valence-electron chi connectivity index (χ2n) is 31.0. The Morgan fingerprint density at radius 1 is 0.455 bits per heavy atom. The van der Waals surface area contributed by atoms with Crippen molar-refractivity contribution in [3.63, 3.8) is 0 Å². The molecule has 0 spiro atoms. The van der Waals surface area contributed by atoms with Gasteiger partial charge in [-0.2, -0.15) is 22.4 Å². The average Bonchev–Trinajstić information content (AvgIpc) is 1.61. The van der Waals surface area contributed by atoms with E-state index in [4.69, 9.17) is 33.5 Å². The predicted octanol–water partition coefficient (Wildman–Crippen LogP) is 5.75. The quantitative estimate of drug-likeness (QED) is 0.0642. The molecule has 6 aliphatic heterocycles. The van der Waals surface area contributed by atoms with Crippen molar-refractivity contribution in [1.82, 2.24) is 73.9 Å². The van der Waals surface area contributed by atoms with Gasteiger partial charge in [0.15, 0.2) is 59.3 Å². The fraction of sp³-hybridized carbons (Fsp3) is 0.425. The third-order valence-electron chi connectivity index (χ3n) is 20.1. The van der Waals surface area contributed by atoms with Gasteiger partial charge in [0.05, 0.1) is 140 Å². The number of amides is 8. The monoisotopic (exact) mass is 1720 g/mol. The number of urea groups is 1. The molecule has 9 aromatic rings. The standard InChI is InChI=1S/C23H22F3N7O4.C22H30N6O4.C21H28N6O5.C13H8F3NO2.CH3O.Na/c1-11-9-32-17(10-31(11)23(36)30-13-6-14(24)18(26)15(25)7-13)16(8-29-32)33-12(2)20(19(34)21(33)35)37-22-27-4-3-5-28-22;1-13-11-27-17(12-26(13)21(30)32-22(4,5)6)16(10-25-27)28-15(3)18(14(2)19(28)29)31-20-23-8-7-9-24-20;1-12-10-26-15(11-25(12)20(30)32-21(3,4)5)14(9-24-26)27-13(2)17(16(28)18(27)29)31-19-22-7-6-8-23-19;14-10-6-8(7-11(15)12(10)16)17-13(18)19-9-4-2-1-3-5-9;1-2;/h3-8,11-12,19-20,34H,9-10H2,1-2H3,(H,30,36);7-10,13-15,18H,11-12H2,1-6H3;6-9,12-13,16-17,28H,10-11H2,1-5H3;1-7H,(H,17,18);1H3;/q;;;;-1;+1/t11-,12+,19-,20+;13-,14-,15+,18-;12-,13+,16-,17+;;;/m000.../s1. The molecule has 0 bridgehead atoms. The number of hydrogen-bond donors (Lipinski definition) is 4. The van der Waals surface area contributed by atoms with Crippen LogP contribution in [0.4, 0.5) is 74.0 Å². The number of aromatic nitrogens is 12. The van der Waals surface area contributed by atoms with Gasteiger partial charge in [0.2, 0.25) is 5.91 Å². The zero-order valence-corrected chi connectivity index (χ0v) is 71.7. The summed E-state index contributed by atoms with van der Waals surface area (Å²) in [6, 6.07) is 13.4. The minimum Gasteiger partial charge on any atom is -0.857 e. The van der Waals surface area contributed by atoms with E-state index in [1.165, 1.54) is 57.8 Å². The number of fused-ring (bicyclic) bond motifs is 3. The molecule has 6 aromatic heterocycles. The fourth-order valence-electron chi connectivity index (χ4n) is 14.2. The van der Waals surface area contributed by atoms with E-state index >= 15 is 0 Å². The van der Waals surface area contributed by atoms with Crippen molar-refractivity contribution in [3.8, 4) is 23.8 Å². The van der Waals surface area contributed by atoms with E-state index in [1.807, 2.05) is 73.9 Å². The smallest absolute Gasteiger partial charge is 0.857 e. The van der Waals surface area contributed by atoms with Crippen molar-refractivity contribution in [2.24, 2.45) is 5.92 Å². The first kappa shape index (κ1) is 93.2. The van der Waals surface area contributed by atoms with E-state index in [0.29, 0.717) is 72.3 Å². The number of aliphatic hydroxyl groups excluding tert-OH is 2. The molecular formula is C80H91F6N20NaO16. The third kappa shape index (κ3) is 21.3. The summed E-state index contributed by atoms with van der Waals surface area (Å²) >= 11 is 0. The van der Waals surface area contributed by atoms with Gasteiger partial charge in [0, 0.05) is 67.1 Å². The van der Waals surface area contributed by atoms with Gasteiger partial charge >= 0.3 is 71.9 Å². The second-order valence-corrected chi connectivity index (χ2v) is 31.0. The van der Waals surface area contributed by atoms with Crippen molar-refractivity contribution in [1.29, 1.82) is 0 Å². The fourth-order valence-corrected chi connectivity index (χ4v) is 14.2. The summed E-state index contributed by atoms with van der Waals surface area (Å²) in [5.74, 6) is -10.2. The Hall–Kier alpha value is -12.1. The summed E-state index contributed by atoms with van der Waals surface area (Å²) in [6.07, 6.45) is 7.11. The maximum atomic E-state index is 13.6. The van der Waals surface area contributed by atoms with Gasteiger partial charge in [-0.15, -0.1) is 0 Å². The minimum atomic E-state index is -1.63. The molecule has 8 amide bonds. The van der Waals surface area contributed by atoms with Gasteiger partial charge in [0.1, 0.15) is 23.1 Å². The van der Waals surface area contributed by atoms with Gasteiger partial charge in [-0.25, -0.2) is 75.4 Å². The number of ether oxygens (including phenoxy) is 6. The molecule has 3 fully saturated rings. The molecule has 650 valence electrons. The molecule has 3 aromatic carbocycles. The van der Waals surface area contributed by atoms with E-state index in [2.05, 4.69) is 55.8 Å². The van der Waals surface area contributed by atoms with Crippen LogP contribution in [0.3, 0.4) is 0 Å². The summed E-state index contributed by atoms with van der Waals surface area (Å²) in [5, 5.41) is 47.2. The van der Waals surface area contributed by atoms with Crippen LogP contribution in [-0.4, -0.2) is 211 Å². The van der Waals surface area contributed by atoms with Gasteiger partial charge in [-0.3, -0.25) is 43.5 Å². The van der Waals surface area contributed by atoms with Crippen LogP contribution in [0.2, 0.25) is 0 Å². The van der Waals surface area contributed by atoms with Crippen LogP contribution in [0.15, 0.2) is 129 Å². The number of carbonyl (C=O) groups is 7. The zero-order chi connectivity index (χ0) is 88.7. The molecule has 43 heteroatoms. The summed E-state index contributed by atoms with van der Waals surface area (Å²) < 4.78 is 118. The van der Waals surface area contributed by atoms with Gasteiger partial charge in [-0.05, 0) is 120 Å². The Labute approximate surface area is 723 Å². The molecule has 6 aliphatic rings. The van der Waals surface area contributed by atoms with Crippen molar-refractivity contribution >= 4 is 70.5 Å². The van der Waals surface area contributed by atoms with E-state index in [9.17, 15) is 70.1 Å². The number of halogens is 6. The summed E-state index contributed by atoms with van der Waals surface area (Å²) in [6.45, 7) is 25.7. The summed E-state index contributed by atoms with van der Waals surface area (Å²) in [4.78, 5) is 123. The molecule has 4 N–H and O–H groups in total. The number of nitrogens with zero attached hydrogens (tertiary/aromatic N) is 18. The van der Waals surface area contributed by atoms with E-state index in [0.717, 1.165) is 12.8 Å². The predicted molar refractivity (Wildman–Crippen MR) is 419 cm³/mol. The van der Waals surface area contributed by atoms with Gasteiger partial charge in [0.25, 0.3) is 11.8 Å². The maximum absolute atomic E-state index is 13.6. The van der Waals surface area contributed by atoms with Crippen molar-refractivity contribution in [2.75, 3.05) is 32.4 Å². The number of benzene rings is 3. The number of para-hydroxylation sites is 1. The van der Waals surface area contributed by atoms with Crippen molar-refractivity contribution in [2.45, 2.75) is 207 Å². The molecule has 12 heterocycles. The number of rotatable bonds is 12. The average molecular weight is 1730 g/mol. The van der Waals surface area contributed by atoms with Crippen LogP contribution in [0.5, 0.6) is 23.8 Å². The topological polar surface area (TPSA) is 413 Å². The number of aliphatic hydroxyl groups is 2. The summed E-state index contributed by atoms with van der Waals surface area (Å²) in [7, 11) is 0.750. The number of hydrogen-bond acceptors (Lipinski definition) is 25. The largest absolute Gasteiger partial charge is 1.00 e. The molecule has 0 radical (unpaired) electrons. The normalized spacial score (nSPS) is 21.9. The Morgan fingerprint density at radius 3 is 1.13 bits per heavy atom. The van der Waals surface area contributed by atoms with Crippen LogP contribution < -0.4 is 78.9 Å². The van der Waals surface area contributed by atoms with Crippen LogP contribution in [0.1, 0.15) is 107 Å². The second kappa shape index (κ2) is 39.4. The van der Waals surface area contributed by atoms with Crippen molar-refractivity contribution in [3.05, 3.63) is 181 Å². The first-order valence-electron chi connectivity index (χ1n) is 38.5. The van der Waals surface area contributed by atoms with Crippen LogP contribution in [0.25, 0.3) is 0 Å². The number of nitrogens with one attached hydrogen (secondary N) is 2. The molecular weight excluding hydrogens is 1630 g/mol. The molecule has 3 saturated heterocycles. The molecule has 0 unspecified atom stereocenters. The maximum Gasteiger partial charge on any atom is 1.00 e. The van der Waals surface area contributed by atoms with E-state index < -0.39 is 119 Å². The van der Waals surface area contributed by atoms with E-state index in [1.54, 1.807) is 106 Å². The zero-order valence-electron chi connectivity index (χ0n) is 69.7. The third-order valence-corrected chi connectivity index (χ3v) is 20.1. The molecule has 123 heavy (non-hydrogen) atoms. The molecule has 0 saturated carbocycles.